The second-order valence-corrected chi connectivity index (χ2v) is 7.12. The Labute approximate surface area is 164 Å². The first-order valence-electron chi connectivity index (χ1n) is 8.96. The van der Waals surface area contributed by atoms with E-state index in [1.165, 1.54) is 35.3 Å². The summed E-state index contributed by atoms with van der Waals surface area (Å²) in [4.78, 5) is 15.2. The molecule has 0 spiro atoms. The number of hydrogen-bond acceptors (Lipinski definition) is 5. The molecule has 0 saturated heterocycles. The molecule has 0 bridgehead atoms. The summed E-state index contributed by atoms with van der Waals surface area (Å²) in [5.74, 6) is -0.975. The number of aromatic carboxylic acids is 1. The molecule has 2 heterocycles. The summed E-state index contributed by atoms with van der Waals surface area (Å²) in [6.45, 7) is 4.56. The van der Waals surface area contributed by atoms with E-state index in [0.29, 0.717) is 23.4 Å². The molecule has 0 saturated carbocycles. The summed E-state index contributed by atoms with van der Waals surface area (Å²) in [5, 5.41) is 13.8. The standard InChI is InChI=1S/C19H20F3N3O4/c1-11(2)10-28-16-4-3-15(29-19(20,21)22)6-14(16)9-25-17-12(8-24-25)5-13(7-23-17)18(26)27/h3-5,7-8,11,14H,6,9-10H2,1-2H3,(H,26,27). The van der Waals surface area contributed by atoms with E-state index in [-0.39, 0.29) is 30.2 Å². The fourth-order valence-corrected chi connectivity index (χ4v) is 2.96. The van der Waals surface area contributed by atoms with Crippen LogP contribution in [0.25, 0.3) is 11.0 Å². The lowest BCUT2D eigenvalue weighted by Gasteiger charge is -2.26. The summed E-state index contributed by atoms with van der Waals surface area (Å²) < 4.78 is 49.2. The molecule has 2 aromatic heterocycles. The third kappa shape index (κ3) is 5.27. The fraction of sp³-hybridized carbons (Fsp3) is 0.421. The molecule has 1 aliphatic rings. The summed E-state index contributed by atoms with van der Waals surface area (Å²) in [6, 6.07) is 1.44. The lowest BCUT2D eigenvalue weighted by molar-refractivity contribution is -0.307. The van der Waals surface area contributed by atoms with Gasteiger partial charge in [0, 0.05) is 23.9 Å². The van der Waals surface area contributed by atoms with Crippen LogP contribution >= 0.6 is 0 Å². The minimum Gasteiger partial charge on any atom is -0.497 e. The van der Waals surface area contributed by atoms with Crippen molar-refractivity contribution in [2.24, 2.45) is 11.8 Å². The number of alkyl halides is 3. The molecular weight excluding hydrogens is 391 g/mol. The van der Waals surface area contributed by atoms with Crippen LogP contribution in [0.2, 0.25) is 0 Å². The molecule has 156 valence electrons. The molecule has 2 aromatic rings. The molecule has 7 nitrogen and oxygen atoms in total. The largest absolute Gasteiger partial charge is 0.572 e. The van der Waals surface area contributed by atoms with E-state index in [2.05, 4.69) is 14.8 Å². The number of ether oxygens (including phenoxy) is 2. The number of nitrogens with zero attached hydrogens (tertiary/aromatic N) is 3. The molecule has 0 aromatic carbocycles. The van der Waals surface area contributed by atoms with Crippen molar-refractivity contribution in [2.75, 3.05) is 6.61 Å². The predicted octanol–water partition coefficient (Wildman–Crippen LogP) is 4.13. The quantitative estimate of drug-likeness (QED) is 0.737. The van der Waals surface area contributed by atoms with Crippen LogP contribution in [0.5, 0.6) is 0 Å². The Balaban J connectivity index is 1.84. The van der Waals surface area contributed by atoms with E-state index in [1.807, 2.05) is 13.8 Å². The molecule has 10 heteroatoms. The molecule has 0 fully saturated rings. The Morgan fingerprint density at radius 2 is 2.10 bits per heavy atom. The highest BCUT2D eigenvalue weighted by atomic mass is 19.4. The Bertz CT molecular complexity index is 963. The number of pyridine rings is 1. The smallest absolute Gasteiger partial charge is 0.497 e. The molecule has 29 heavy (non-hydrogen) atoms. The van der Waals surface area contributed by atoms with Crippen molar-refractivity contribution in [1.29, 1.82) is 0 Å². The number of aromatic nitrogens is 3. The maximum atomic E-state index is 12.6. The minimum atomic E-state index is -4.77. The van der Waals surface area contributed by atoms with Crippen molar-refractivity contribution in [3.63, 3.8) is 0 Å². The molecule has 3 rings (SSSR count). The lowest BCUT2D eigenvalue weighted by Crippen LogP contribution is -2.23. The number of carbonyl (C=O) groups is 1. The van der Waals surface area contributed by atoms with Gasteiger partial charge in [0.2, 0.25) is 0 Å². The van der Waals surface area contributed by atoms with E-state index >= 15 is 0 Å². The number of allylic oxidation sites excluding steroid dienone is 4. The number of carboxylic acid groups (broad SMARTS) is 1. The second kappa shape index (κ2) is 8.14. The normalized spacial score (nSPS) is 17.2. The highest BCUT2D eigenvalue weighted by Gasteiger charge is 2.34. The van der Waals surface area contributed by atoms with Gasteiger partial charge in [0.1, 0.15) is 11.5 Å². The summed E-state index contributed by atoms with van der Waals surface area (Å²) in [5.41, 5.74) is 0.463. The highest BCUT2D eigenvalue weighted by Crippen LogP contribution is 2.33. The van der Waals surface area contributed by atoms with Crippen molar-refractivity contribution < 1.29 is 32.5 Å². The average molecular weight is 411 g/mol. The van der Waals surface area contributed by atoms with Gasteiger partial charge in [0.05, 0.1) is 24.9 Å². The number of hydrogen-bond donors (Lipinski definition) is 1. The van der Waals surface area contributed by atoms with Crippen LogP contribution in [0.4, 0.5) is 13.2 Å². The summed E-state index contributed by atoms with van der Waals surface area (Å²) >= 11 is 0. The van der Waals surface area contributed by atoms with Crippen LogP contribution in [-0.4, -0.2) is 38.8 Å². The Morgan fingerprint density at radius 1 is 1.34 bits per heavy atom. The van der Waals surface area contributed by atoms with Crippen LogP contribution in [0.3, 0.4) is 0 Å². The molecule has 0 amide bonds. The summed E-state index contributed by atoms with van der Waals surface area (Å²) in [7, 11) is 0. The van der Waals surface area contributed by atoms with E-state index in [9.17, 15) is 18.0 Å². The van der Waals surface area contributed by atoms with Crippen LogP contribution in [0, 0.1) is 11.8 Å². The maximum Gasteiger partial charge on any atom is 0.572 e. The third-order valence-electron chi connectivity index (χ3n) is 4.23. The number of rotatable bonds is 7. The van der Waals surface area contributed by atoms with Crippen LogP contribution < -0.4 is 0 Å². The van der Waals surface area contributed by atoms with Gasteiger partial charge < -0.3 is 14.6 Å². The topological polar surface area (TPSA) is 86.5 Å². The number of halogens is 3. The Morgan fingerprint density at radius 3 is 2.76 bits per heavy atom. The first-order valence-corrected chi connectivity index (χ1v) is 8.96. The van der Waals surface area contributed by atoms with Gasteiger partial charge >= 0.3 is 12.3 Å². The minimum absolute atomic E-state index is 0.0159. The van der Waals surface area contributed by atoms with Gasteiger partial charge in [-0.15, -0.1) is 13.2 Å². The SMILES string of the molecule is CC(C)COC1=CC=C(OC(F)(F)F)CC1Cn1ncc2cc(C(=O)O)cnc21. The van der Waals surface area contributed by atoms with Crippen molar-refractivity contribution in [1.82, 2.24) is 14.8 Å². The zero-order valence-corrected chi connectivity index (χ0v) is 15.8. The monoisotopic (exact) mass is 411 g/mol. The Kier molecular flexibility index (Phi) is 5.81. The molecule has 1 N–H and O–H groups in total. The van der Waals surface area contributed by atoms with Crippen LogP contribution in [0.15, 0.2) is 42.1 Å². The van der Waals surface area contributed by atoms with Gasteiger partial charge in [-0.2, -0.15) is 5.10 Å². The van der Waals surface area contributed by atoms with Gasteiger partial charge in [0.15, 0.2) is 5.65 Å². The molecule has 0 aliphatic heterocycles. The predicted molar refractivity (Wildman–Crippen MR) is 96.7 cm³/mol. The molecule has 1 aliphatic carbocycles. The lowest BCUT2D eigenvalue weighted by atomic mass is 9.96. The zero-order chi connectivity index (χ0) is 21.2. The second-order valence-electron chi connectivity index (χ2n) is 7.12. The summed E-state index contributed by atoms with van der Waals surface area (Å²) in [6.07, 6.45) is 0.649. The van der Waals surface area contributed by atoms with E-state index < -0.39 is 18.2 Å². The fourth-order valence-electron chi connectivity index (χ4n) is 2.96. The van der Waals surface area contributed by atoms with E-state index in [0.717, 1.165) is 0 Å². The van der Waals surface area contributed by atoms with Gasteiger partial charge in [-0.25, -0.2) is 14.5 Å². The molecule has 1 unspecified atom stereocenters. The third-order valence-corrected chi connectivity index (χ3v) is 4.23. The number of carboxylic acids is 1. The zero-order valence-electron chi connectivity index (χ0n) is 15.8. The Hall–Kier alpha value is -3.04. The molecule has 0 radical (unpaired) electrons. The van der Waals surface area contributed by atoms with Crippen molar-refractivity contribution in [2.45, 2.75) is 33.2 Å². The number of fused-ring (bicyclic) bond motifs is 1. The first-order chi connectivity index (χ1) is 13.6. The highest BCUT2D eigenvalue weighted by molar-refractivity contribution is 5.91. The van der Waals surface area contributed by atoms with E-state index in [4.69, 9.17) is 9.84 Å². The van der Waals surface area contributed by atoms with Gasteiger partial charge in [-0.3, -0.25) is 0 Å². The first kappa shape index (κ1) is 20.7. The van der Waals surface area contributed by atoms with E-state index in [1.54, 1.807) is 0 Å². The van der Waals surface area contributed by atoms with Gasteiger partial charge in [0.25, 0.3) is 0 Å². The maximum absolute atomic E-state index is 12.6. The van der Waals surface area contributed by atoms with Crippen molar-refractivity contribution in [3.8, 4) is 0 Å². The van der Waals surface area contributed by atoms with Gasteiger partial charge in [-0.1, -0.05) is 13.8 Å². The van der Waals surface area contributed by atoms with Crippen LogP contribution in [-0.2, 0) is 16.0 Å². The molecular formula is C19H20F3N3O4. The van der Waals surface area contributed by atoms with Crippen LogP contribution in [0.1, 0.15) is 30.6 Å². The molecule has 1 atom stereocenters. The average Bonchev–Trinajstić information content (AvgIpc) is 3.01. The van der Waals surface area contributed by atoms with Crippen molar-refractivity contribution in [3.05, 3.63) is 47.7 Å². The van der Waals surface area contributed by atoms with Crippen molar-refractivity contribution >= 4 is 17.0 Å². The van der Waals surface area contributed by atoms with Gasteiger partial charge in [-0.05, 0) is 24.1 Å².